The van der Waals surface area contributed by atoms with Gasteiger partial charge in [-0.05, 0) is 19.8 Å². The molecule has 0 bridgehead atoms. The first-order valence-electron chi connectivity index (χ1n) is 7.24. The number of nitrogens with zero attached hydrogens (tertiary/aromatic N) is 3. The average molecular weight is 248 g/mol. The van der Waals surface area contributed by atoms with Crippen LogP contribution in [0.15, 0.2) is 12.4 Å². The molecule has 1 aromatic rings. The van der Waals surface area contributed by atoms with E-state index in [9.17, 15) is 0 Å². The van der Waals surface area contributed by atoms with Crippen molar-refractivity contribution in [1.82, 2.24) is 19.8 Å². The normalized spacial score (nSPS) is 23.8. The van der Waals surface area contributed by atoms with Gasteiger partial charge in [0, 0.05) is 50.7 Å². The van der Waals surface area contributed by atoms with E-state index in [1.54, 1.807) is 0 Å². The van der Waals surface area contributed by atoms with Crippen LogP contribution in [0.25, 0.3) is 0 Å². The second-order valence-corrected chi connectivity index (χ2v) is 5.76. The van der Waals surface area contributed by atoms with Gasteiger partial charge in [-0.2, -0.15) is 0 Å². The molecule has 1 aliphatic carbocycles. The van der Waals surface area contributed by atoms with Crippen LogP contribution < -0.4 is 5.32 Å². The maximum Gasteiger partial charge on any atom is 0.105 e. The number of nitrogens with one attached hydrogen (secondary N) is 1. The van der Waals surface area contributed by atoms with Gasteiger partial charge < -0.3 is 9.88 Å². The fourth-order valence-corrected chi connectivity index (χ4v) is 3.63. The molecule has 1 saturated heterocycles. The molecule has 0 atom stereocenters. The highest BCUT2D eigenvalue weighted by atomic mass is 15.3. The Morgan fingerprint density at radius 1 is 1.33 bits per heavy atom. The standard InChI is InChI=1S/C14H24N4/c1-13-16-7-8-17(13)10-11-18-9-6-15-12-14(18)4-2-3-5-14/h7-8,15H,2-6,9-12H2,1H3. The minimum absolute atomic E-state index is 0.465. The third kappa shape index (κ3) is 2.19. The minimum Gasteiger partial charge on any atom is -0.334 e. The summed E-state index contributed by atoms with van der Waals surface area (Å²) in [5, 5.41) is 3.59. The molecule has 100 valence electrons. The van der Waals surface area contributed by atoms with Crippen molar-refractivity contribution < 1.29 is 0 Å². The fourth-order valence-electron chi connectivity index (χ4n) is 3.63. The lowest BCUT2D eigenvalue weighted by atomic mass is 9.93. The van der Waals surface area contributed by atoms with Gasteiger partial charge in [0.1, 0.15) is 5.82 Å². The lowest BCUT2D eigenvalue weighted by Crippen LogP contribution is -2.60. The number of hydrogen-bond acceptors (Lipinski definition) is 3. The smallest absolute Gasteiger partial charge is 0.105 e. The van der Waals surface area contributed by atoms with E-state index in [2.05, 4.69) is 32.9 Å². The fraction of sp³-hybridized carbons (Fsp3) is 0.786. The predicted octanol–water partition coefficient (Wildman–Crippen LogP) is 1.41. The van der Waals surface area contributed by atoms with Crippen LogP contribution in [0.1, 0.15) is 31.5 Å². The number of hydrogen-bond donors (Lipinski definition) is 1. The SMILES string of the molecule is Cc1nccn1CCN1CCNCC12CCCC2. The molecule has 1 aliphatic heterocycles. The van der Waals surface area contributed by atoms with Gasteiger partial charge in [0.15, 0.2) is 0 Å². The Labute approximate surface area is 109 Å². The second kappa shape index (κ2) is 5.02. The predicted molar refractivity (Wildman–Crippen MR) is 72.6 cm³/mol. The van der Waals surface area contributed by atoms with E-state index in [-0.39, 0.29) is 0 Å². The summed E-state index contributed by atoms with van der Waals surface area (Å²) in [6.45, 7) is 7.86. The number of rotatable bonds is 3. The van der Waals surface area contributed by atoms with E-state index >= 15 is 0 Å². The van der Waals surface area contributed by atoms with Crippen molar-refractivity contribution in [1.29, 1.82) is 0 Å². The van der Waals surface area contributed by atoms with E-state index in [1.807, 2.05) is 6.20 Å². The van der Waals surface area contributed by atoms with Gasteiger partial charge in [-0.25, -0.2) is 4.98 Å². The average Bonchev–Trinajstić information content (AvgIpc) is 2.99. The number of piperazine rings is 1. The van der Waals surface area contributed by atoms with Crippen molar-refractivity contribution in [3.05, 3.63) is 18.2 Å². The van der Waals surface area contributed by atoms with Crippen LogP contribution in [0.4, 0.5) is 0 Å². The molecule has 1 aromatic heterocycles. The molecule has 1 N–H and O–H groups in total. The molecular formula is C14H24N4. The summed E-state index contributed by atoms with van der Waals surface area (Å²) >= 11 is 0. The molecule has 0 radical (unpaired) electrons. The van der Waals surface area contributed by atoms with Gasteiger partial charge in [-0.15, -0.1) is 0 Å². The van der Waals surface area contributed by atoms with Crippen molar-refractivity contribution in [2.24, 2.45) is 0 Å². The van der Waals surface area contributed by atoms with E-state index in [1.165, 1.54) is 45.3 Å². The summed E-state index contributed by atoms with van der Waals surface area (Å²) < 4.78 is 2.27. The first kappa shape index (κ1) is 12.2. The maximum absolute atomic E-state index is 4.30. The Kier molecular flexibility index (Phi) is 3.39. The molecule has 3 rings (SSSR count). The van der Waals surface area contributed by atoms with Crippen LogP contribution in [-0.4, -0.2) is 46.2 Å². The zero-order valence-corrected chi connectivity index (χ0v) is 11.4. The van der Waals surface area contributed by atoms with E-state index in [4.69, 9.17) is 0 Å². The van der Waals surface area contributed by atoms with Gasteiger partial charge in [-0.1, -0.05) is 12.8 Å². The molecule has 1 spiro atoms. The summed E-state index contributed by atoms with van der Waals surface area (Å²) in [7, 11) is 0. The molecule has 1 saturated carbocycles. The van der Waals surface area contributed by atoms with Gasteiger partial charge in [-0.3, -0.25) is 4.90 Å². The van der Waals surface area contributed by atoms with Crippen LogP contribution in [0.2, 0.25) is 0 Å². The third-order valence-corrected chi connectivity index (χ3v) is 4.75. The molecule has 2 heterocycles. The van der Waals surface area contributed by atoms with Crippen molar-refractivity contribution in [2.45, 2.75) is 44.7 Å². The van der Waals surface area contributed by atoms with Crippen LogP contribution in [0.3, 0.4) is 0 Å². The largest absolute Gasteiger partial charge is 0.334 e. The highest BCUT2D eigenvalue weighted by molar-refractivity contribution is 4.99. The molecule has 0 aromatic carbocycles. The highest BCUT2D eigenvalue weighted by Gasteiger charge is 2.40. The summed E-state index contributed by atoms with van der Waals surface area (Å²) in [4.78, 5) is 7.03. The monoisotopic (exact) mass is 248 g/mol. The van der Waals surface area contributed by atoms with Crippen LogP contribution in [0, 0.1) is 6.92 Å². The zero-order chi connectivity index (χ0) is 12.4. The third-order valence-electron chi connectivity index (χ3n) is 4.75. The highest BCUT2D eigenvalue weighted by Crippen LogP contribution is 2.35. The van der Waals surface area contributed by atoms with Crippen molar-refractivity contribution in [2.75, 3.05) is 26.2 Å². The molecule has 0 amide bonds. The second-order valence-electron chi connectivity index (χ2n) is 5.76. The van der Waals surface area contributed by atoms with Crippen LogP contribution >= 0.6 is 0 Å². The van der Waals surface area contributed by atoms with E-state index < -0.39 is 0 Å². The Morgan fingerprint density at radius 2 is 2.17 bits per heavy atom. The lowest BCUT2D eigenvalue weighted by Gasteiger charge is -2.45. The van der Waals surface area contributed by atoms with E-state index in [0.29, 0.717) is 5.54 Å². The zero-order valence-electron chi connectivity index (χ0n) is 11.4. The molecule has 18 heavy (non-hydrogen) atoms. The minimum atomic E-state index is 0.465. The molecule has 0 unspecified atom stereocenters. The van der Waals surface area contributed by atoms with Crippen molar-refractivity contribution >= 4 is 0 Å². The first-order valence-corrected chi connectivity index (χ1v) is 7.24. The Bertz CT molecular complexity index is 392. The number of aromatic nitrogens is 2. The Hall–Kier alpha value is -0.870. The van der Waals surface area contributed by atoms with Crippen LogP contribution in [0.5, 0.6) is 0 Å². The summed E-state index contributed by atoms with van der Waals surface area (Å²) in [6.07, 6.45) is 9.56. The number of aryl methyl sites for hydroxylation is 1. The van der Waals surface area contributed by atoms with Crippen molar-refractivity contribution in [3.8, 4) is 0 Å². The lowest BCUT2D eigenvalue weighted by molar-refractivity contribution is 0.0613. The Morgan fingerprint density at radius 3 is 2.89 bits per heavy atom. The summed E-state index contributed by atoms with van der Waals surface area (Å²) in [6, 6.07) is 0. The summed E-state index contributed by atoms with van der Waals surface area (Å²) in [5.41, 5.74) is 0.465. The Balaban J connectivity index is 1.65. The quantitative estimate of drug-likeness (QED) is 0.878. The van der Waals surface area contributed by atoms with E-state index in [0.717, 1.165) is 18.9 Å². The van der Waals surface area contributed by atoms with Gasteiger partial charge >= 0.3 is 0 Å². The van der Waals surface area contributed by atoms with Gasteiger partial charge in [0.25, 0.3) is 0 Å². The molecular weight excluding hydrogens is 224 g/mol. The summed E-state index contributed by atoms with van der Waals surface area (Å²) in [5.74, 6) is 1.13. The number of imidazole rings is 1. The van der Waals surface area contributed by atoms with Gasteiger partial charge in [0.05, 0.1) is 0 Å². The van der Waals surface area contributed by atoms with Crippen molar-refractivity contribution in [3.63, 3.8) is 0 Å². The topological polar surface area (TPSA) is 33.1 Å². The molecule has 4 heteroatoms. The molecule has 2 fully saturated rings. The van der Waals surface area contributed by atoms with Gasteiger partial charge in [0.2, 0.25) is 0 Å². The maximum atomic E-state index is 4.30. The molecule has 2 aliphatic rings. The van der Waals surface area contributed by atoms with Crippen LogP contribution in [-0.2, 0) is 6.54 Å². The first-order chi connectivity index (χ1) is 8.80. The molecule has 4 nitrogen and oxygen atoms in total.